The molecule has 0 radical (unpaired) electrons. The first kappa shape index (κ1) is 14.2. The van der Waals surface area contributed by atoms with Crippen LogP contribution in [-0.2, 0) is 9.53 Å². The van der Waals surface area contributed by atoms with Crippen LogP contribution in [0.2, 0.25) is 0 Å². The summed E-state index contributed by atoms with van der Waals surface area (Å²) in [4.78, 5) is 25.5. The van der Waals surface area contributed by atoms with Crippen LogP contribution in [0.25, 0.3) is 0 Å². The largest absolute Gasteiger partial charge is 0.444 e. The Morgan fingerprint density at radius 1 is 1.11 bits per heavy atom. The maximum absolute atomic E-state index is 11.9. The summed E-state index contributed by atoms with van der Waals surface area (Å²) in [6.45, 7) is 6.80. The average Bonchev–Trinajstić information content (AvgIpc) is 3.11. The van der Waals surface area contributed by atoms with Crippen molar-refractivity contribution >= 4 is 12.0 Å². The highest BCUT2D eigenvalue weighted by Crippen LogP contribution is 2.23. The Bertz CT molecular complexity index is 350. The molecule has 1 saturated heterocycles. The van der Waals surface area contributed by atoms with Gasteiger partial charge in [-0.05, 0) is 46.5 Å². The lowest BCUT2D eigenvalue weighted by molar-refractivity contribution is -0.126. The molecule has 0 unspecified atom stereocenters. The minimum Gasteiger partial charge on any atom is -0.444 e. The number of piperidine rings is 1. The second kappa shape index (κ2) is 5.39. The number of nitrogens with one attached hydrogen (secondary N) is 1. The van der Waals surface area contributed by atoms with Crippen molar-refractivity contribution in [2.24, 2.45) is 5.92 Å². The minimum atomic E-state index is -0.461. The molecule has 2 rings (SSSR count). The molecule has 1 saturated carbocycles. The Morgan fingerprint density at radius 3 is 2.16 bits per heavy atom. The standard InChI is InChI=1S/C14H24N2O3/c1-14(2,3)19-13(18)16-8-6-10(7-9-16)12(17)15-11-4-5-11/h10-11H,4-9H2,1-3H3,(H,15,17). The summed E-state index contributed by atoms with van der Waals surface area (Å²) in [6.07, 6.45) is 3.43. The Labute approximate surface area is 114 Å². The molecule has 0 spiro atoms. The lowest BCUT2D eigenvalue weighted by atomic mass is 9.96. The van der Waals surface area contributed by atoms with Gasteiger partial charge in [0.15, 0.2) is 0 Å². The van der Waals surface area contributed by atoms with Gasteiger partial charge < -0.3 is 15.0 Å². The van der Waals surface area contributed by atoms with Crippen LogP contribution in [0, 0.1) is 5.92 Å². The molecule has 2 fully saturated rings. The Morgan fingerprint density at radius 2 is 1.68 bits per heavy atom. The maximum atomic E-state index is 11.9. The molecular weight excluding hydrogens is 244 g/mol. The number of hydrogen-bond donors (Lipinski definition) is 1. The summed E-state index contributed by atoms with van der Waals surface area (Å²) in [7, 11) is 0. The predicted octanol–water partition coefficient (Wildman–Crippen LogP) is 1.91. The van der Waals surface area contributed by atoms with Gasteiger partial charge in [0.25, 0.3) is 0 Å². The molecule has 5 nitrogen and oxygen atoms in total. The van der Waals surface area contributed by atoms with Crippen molar-refractivity contribution in [1.82, 2.24) is 10.2 Å². The average molecular weight is 268 g/mol. The van der Waals surface area contributed by atoms with Crippen molar-refractivity contribution in [1.29, 1.82) is 0 Å². The molecule has 0 aromatic heterocycles. The van der Waals surface area contributed by atoms with E-state index in [2.05, 4.69) is 5.32 Å². The van der Waals surface area contributed by atoms with E-state index in [-0.39, 0.29) is 17.9 Å². The topological polar surface area (TPSA) is 58.6 Å². The van der Waals surface area contributed by atoms with E-state index in [9.17, 15) is 9.59 Å². The van der Waals surface area contributed by atoms with Crippen LogP contribution >= 0.6 is 0 Å². The second-order valence-corrected chi connectivity index (χ2v) is 6.52. The van der Waals surface area contributed by atoms with Gasteiger partial charge in [-0.2, -0.15) is 0 Å². The van der Waals surface area contributed by atoms with Crippen molar-refractivity contribution in [2.75, 3.05) is 13.1 Å². The first-order chi connectivity index (χ1) is 8.85. The number of hydrogen-bond acceptors (Lipinski definition) is 3. The zero-order valence-electron chi connectivity index (χ0n) is 12.1. The fourth-order valence-corrected chi connectivity index (χ4v) is 2.20. The van der Waals surface area contributed by atoms with Crippen LogP contribution in [0.3, 0.4) is 0 Å². The molecule has 2 amide bonds. The summed E-state index contributed by atoms with van der Waals surface area (Å²) in [5, 5.41) is 3.03. The SMILES string of the molecule is CC(C)(C)OC(=O)N1CCC(C(=O)NC2CC2)CC1. The van der Waals surface area contributed by atoms with Crippen molar-refractivity contribution in [3.63, 3.8) is 0 Å². The maximum Gasteiger partial charge on any atom is 0.410 e. The summed E-state index contributed by atoms with van der Waals surface area (Å²) in [5.41, 5.74) is -0.461. The van der Waals surface area contributed by atoms with E-state index in [0.29, 0.717) is 19.1 Å². The Kier molecular flexibility index (Phi) is 4.02. The van der Waals surface area contributed by atoms with Gasteiger partial charge in [0.05, 0.1) is 0 Å². The number of rotatable bonds is 2. The highest BCUT2D eigenvalue weighted by Gasteiger charge is 2.32. The summed E-state index contributed by atoms with van der Waals surface area (Å²) in [6, 6.07) is 0.413. The number of nitrogens with zero attached hydrogens (tertiary/aromatic N) is 1. The number of ether oxygens (including phenoxy) is 1. The van der Waals surface area contributed by atoms with Crippen molar-refractivity contribution in [2.45, 2.75) is 58.1 Å². The van der Waals surface area contributed by atoms with Crippen LogP contribution in [0.1, 0.15) is 46.5 Å². The molecule has 0 aromatic rings. The fraction of sp³-hybridized carbons (Fsp3) is 0.857. The van der Waals surface area contributed by atoms with E-state index in [4.69, 9.17) is 4.74 Å². The first-order valence-electron chi connectivity index (χ1n) is 7.13. The quantitative estimate of drug-likeness (QED) is 0.832. The third-order valence-corrected chi connectivity index (χ3v) is 3.44. The van der Waals surface area contributed by atoms with Crippen LogP contribution in [0.5, 0.6) is 0 Å². The van der Waals surface area contributed by atoms with Crippen LogP contribution in [-0.4, -0.2) is 41.6 Å². The monoisotopic (exact) mass is 268 g/mol. The Hall–Kier alpha value is -1.26. The molecule has 19 heavy (non-hydrogen) atoms. The third kappa shape index (κ3) is 4.40. The van der Waals surface area contributed by atoms with Crippen molar-refractivity contribution < 1.29 is 14.3 Å². The summed E-state index contributed by atoms with van der Waals surface area (Å²) >= 11 is 0. The second-order valence-electron chi connectivity index (χ2n) is 6.52. The summed E-state index contributed by atoms with van der Waals surface area (Å²) in [5.74, 6) is 0.214. The van der Waals surface area contributed by atoms with Crippen LogP contribution in [0.15, 0.2) is 0 Å². The number of amides is 2. The van der Waals surface area contributed by atoms with Gasteiger partial charge in [-0.15, -0.1) is 0 Å². The predicted molar refractivity (Wildman–Crippen MR) is 71.7 cm³/mol. The zero-order valence-corrected chi connectivity index (χ0v) is 12.1. The highest BCUT2D eigenvalue weighted by molar-refractivity contribution is 5.79. The highest BCUT2D eigenvalue weighted by atomic mass is 16.6. The molecule has 0 atom stereocenters. The zero-order chi connectivity index (χ0) is 14.0. The third-order valence-electron chi connectivity index (χ3n) is 3.44. The van der Waals surface area contributed by atoms with E-state index >= 15 is 0 Å². The molecular formula is C14H24N2O3. The molecule has 1 aliphatic carbocycles. The van der Waals surface area contributed by atoms with Gasteiger partial charge in [-0.25, -0.2) is 4.79 Å². The normalized spacial score (nSPS) is 21.1. The molecule has 1 aliphatic heterocycles. The van der Waals surface area contributed by atoms with Crippen LogP contribution < -0.4 is 5.32 Å². The summed E-state index contributed by atoms with van der Waals surface area (Å²) < 4.78 is 5.33. The molecule has 1 heterocycles. The van der Waals surface area contributed by atoms with E-state index in [0.717, 1.165) is 25.7 Å². The van der Waals surface area contributed by atoms with E-state index in [1.165, 1.54) is 0 Å². The van der Waals surface area contributed by atoms with Gasteiger partial charge in [-0.3, -0.25) is 4.79 Å². The molecule has 108 valence electrons. The van der Waals surface area contributed by atoms with E-state index in [1.54, 1.807) is 4.90 Å². The number of carbonyl (C=O) groups excluding carboxylic acids is 2. The molecule has 5 heteroatoms. The van der Waals surface area contributed by atoms with Gasteiger partial charge in [0.1, 0.15) is 5.60 Å². The molecule has 0 bridgehead atoms. The van der Waals surface area contributed by atoms with Gasteiger partial charge in [-0.1, -0.05) is 0 Å². The first-order valence-corrected chi connectivity index (χ1v) is 7.13. The lowest BCUT2D eigenvalue weighted by Crippen LogP contribution is -2.45. The minimum absolute atomic E-state index is 0.0549. The fourth-order valence-electron chi connectivity index (χ4n) is 2.20. The van der Waals surface area contributed by atoms with E-state index < -0.39 is 5.60 Å². The van der Waals surface area contributed by atoms with Crippen molar-refractivity contribution in [3.8, 4) is 0 Å². The van der Waals surface area contributed by atoms with Gasteiger partial charge in [0, 0.05) is 25.0 Å². The molecule has 2 aliphatic rings. The smallest absolute Gasteiger partial charge is 0.410 e. The van der Waals surface area contributed by atoms with E-state index in [1.807, 2.05) is 20.8 Å². The lowest BCUT2D eigenvalue weighted by Gasteiger charge is -2.32. The molecule has 0 aromatic carbocycles. The Balaban J connectivity index is 1.75. The number of likely N-dealkylation sites (tertiary alicyclic amines) is 1. The molecule has 1 N–H and O–H groups in total. The number of carbonyl (C=O) groups is 2. The van der Waals surface area contributed by atoms with Gasteiger partial charge in [0.2, 0.25) is 5.91 Å². The van der Waals surface area contributed by atoms with Crippen LogP contribution in [0.4, 0.5) is 4.79 Å². The van der Waals surface area contributed by atoms with Gasteiger partial charge >= 0.3 is 6.09 Å². The van der Waals surface area contributed by atoms with Crippen molar-refractivity contribution in [3.05, 3.63) is 0 Å².